The molecule has 0 saturated heterocycles. The number of hydrogen-bond donors (Lipinski definition) is 1. The predicted octanol–water partition coefficient (Wildman–Crippen LogP) is 5.03. The summed E-state index contributed by atoms with van der Waals surface area (Å²) < 4.78 is 6.25. The highest BCUT2D eigenvalue weighted by molar-refractivity contribution is 9.10. The van der Waals surface area contributed by atoms with E-state index < -0.39 is 5.97 Å². The first-order chi connectivity index (χ1) is 9.49. The number of hydrogen-bond acceptors (Lipinski definition) is 2. The summed E-state index contributed by atoms with van der Waals surface area (Å²) in [6.07, 6.45) is 0. The zero-order valence-electron chi connectivity index (χ0n) is 10.1. The molecular weight excluding hydrogens is 367 g/mol. The van der Waals surface area contributed by atoms with Gasteiger partial charge in [-0.15, -0.1) is 0 Å². The summed E-state index contributed by atoms with van der Waals surface area (Å²) in [5.74, 6) is -0.496. The average Bonchev–Trinajstić information content (AvgIpc) is 2.41. The van der Waals surface area contributed by atoms with Gasteiger partial charge in [0.2, 0.25) is 0 Å². The number of benzene rings is 2. The molecule has 104 valence electrons. The topological polar surface area (TPSA) is 46.5 Å². The lowest BCUT2D eigenvalue weighted by molar-refractivity contribution is 0.0696. The van der Waals surface area contributed by atoms with Gasteiger partial charge in [-0.2, -0.15) is 0 Å². The number of halogens is 3. The fourth-order valence-corrected chi connectivity index (χ4v) is 2.39. The Morgan fingerprint density at radius 2 is 2.00 bits per heavy atom. The molecule has 0 heterocycles. The molecule has 2 aromatic rings. The van der Waals surface area contributed by atoms with Crippen molar-refractivity contribution >= 4 is 45.1 Å². The van der Waals surface area contributed by atoms with Crippen LogP contribution in [-0.2, 0) is 6.61 Å². The number of rotatable bonds is 4. The van der Waals surface area contributed by atoms with E-state index in [1.165, 1.54) is 12.1 Å². The molecule has 6 heteroatoms. The molecule has 0 radical (unpaired) electrons. The minimum absolute atomic E-state index is 0.210. The first kappa shape index (κ1) is 15.2. The minimum Gasteiger partial charge on any atom is -0.487 e. The van der Waals surface area contributed by atoms with Crippen LogP contribution in [0.5, 0.6) is 5.75 Å². The van der Waals surface area contributed by atoms with Crippen LogP contribution in [0.25, 0.3) is 0 Å². The number of carbonyl (C=O) groups is 1. The molecule has 0 aliphatic heterocycles. The third-order valence-electron chi connectivity index (χ3n) is 2.60. The highest BCUT2D eigenvalue weighted by Gasteiger charge is 2.09. The molecule has 0 spiro atoms. The van der Waals surface area contributed by atoms with Gasteiger partial charge in [0, 0.05) is 10.0 Å². The maximum atomic E-state index is 10.8. The van der Waals surface area contributed by atoms with Gasteiger partial charge in [-0.3, -0.25) is 0 Å². The van der Waals surface area contributed by atoms with Crippen LogP contribution in [-0.4, -0.2) is 11.1 Å². The summed E-state index contributed by atoms with van der Waals surface area (Å²) >= 11 is 15.2. The van der Waals surface area contributed by atoms with Crippen molar-refractivity contribution in [2.45, 2.75) is 6.61 Å². The maximum absolute atomic E-state index is 10.8. The van der Waals surface area contributed by atoms with E-state index in [0.29, 0.717) is 20.3 Å². The minimum atomic E-state index is -0.976. The van der Waals surface area contributed by atoms with Crippen molar-refractivity contribution in [2.24, 2.45) is 0 Å². The lowest BCUT2D eigenvalue weighted by atomic mass is 10.1. The first-order valence-corrected chi connectivity index (χ1v) is 7.12. The Bertz CT molecular complexity index is 659. The molecule has 2 rings (SSSR count). The number of carboxylic acids is 1. The van der Waals surface area contributed by atoms with Crippen molar-refractivity contribution < 1.29 is 14.6 Å². The Morgan fingerprint density at radius 3 is 2.65 bits per heavy atom. The van der Waals surface area contributed by atoms with E-state index in [-0.39, 0.29) is 12.2 Å². The van der Waals surface area contributed by atoms with Crippen molar-refractivity contribution in [3.05, 3.63) is 62.0 Å². The second-order valence-corrected chi connectivity index (χ2v) is 5.59. The van der Waals surface area contributed by atoms with E-state index in [2.05, 4.69) is 15.9 Å². The fraction of sp³-hybridized carbons (Fsp3) is 0.0714. The smallest absolute Gasteiger partial charge is 0.335 e. The summed E-state index contributed by atoms with van der Waals surface area (Å²) in [5, 5.41) is 9.67. The summed E-state index contributed by atoms with van der Waals surface area (Å²) in [5.41, 5.74) is 1.02. The van der Waals surface area contributed by atoms with Crippen LogP contribution in [0.15, 0.2) is 40.9 Å². The number of ether oxygens (including phenoxy) is 1. The van der Waals surface area contributed by atoms with Crippen LogP contribution in [0.4, 0.5) is 0 Å². The van der Waals surface area contributed by atoms with Crippen molar-refractivity contribution in [2.75, 3.05) is 0 Å². The normalized spacial score (nSPS) is 10.3. The molecule has 1 N–H and O–H groups in total. The Labute approximate surface area is 134 Å². The zero-order valence-corrected chi connectivity index (χ0v) is 13.2. The Hall–Kier alpha value is -1.23. The van der Waals surface area contributed by atoms with Gasteiger partial charge in [-0.1, -0.05) is 51.3 Å². The highest BCUT2D eigenvalue weighted by atomic mass is 79.9. The van der Waals surface area contributed by atoms with Crippen LogP contribution >= 0.6 is 39.1 Å². The molecule has 0 unspecified atom stereocenters. The molecule has 0 bridgehead atoms. The molecule has 0 amide bonds. The maximum Gasteiger partial charge on any atom is 0.335 e. The third kappa shape index (κ3) is 3.45. The highest BCUT2D eigenvalue weighted by Crippen LogP contribution is 2.32. The second kappa shape index (κ2) is 6.48. The predicted molar refractivity (Wildman–Crippen MR) is 81.9 cm³/mol. The number of carboxylic acid groups (broad SMARTS) is 1. The van der Waals surface area contributed by atoms with Crippen LogP contribution in [0.2, 0.25) is 10.0 Å². The fourth-order valence-electron chi connectivity index (χ4n) is 1.55. The summed E-state index contributed by atoms with van der Waals surface area (Å²) in [6.45, 7) is 0.251. The lowest BCUT2D eigenvalue weighted by Crippen LogP contribution is -2.00. The van der Waals surface area contributed by atoms with Crippen molar-refractivity contribution in [3.8, 4) is 5.75 Å². The zero-order chi connectivity index (χ0) is 14.7. The number of aromatic carboxylic acids is 1. The Morgan fingerprint density at radius 1 is 1.25 bits per heavy atom. The van der Waals surface area contributed by atoms with Crippen molar-refractivity contribution in [1.82, 2.24) is 0 Å². The Kier molecular flexibility index (Phi) is 4.91. The molecular formula is C14H9BrCl2O3. The largest absolute Gasteiger partial charge is 0.487 e. The van der Waals surface area contributed by atoms with Crippen LogP contribution < -0.4 is 4.74 Å². The SMILES string of the molecule is O=C(O)c1ccc(COc2cccc(Cl)c2Cl)c(Br)c1. The van der Waals surface area contributed by atoms with Gasteiger partial charge in [-0.25, -0.2) is 4.79 Å². The molecule has 0 saturated carbocycles. The van der Waals surface area contributed by atoms with Gasteiger partial charge in [0.25, 0.3) is 0 Å². The van der Waals surface area contributed by atoms with Crippen LogP contribution in [0.3, 0.4) is 0 Å². The van der Waals surface area contributed by atoms with E-state index >= 15 is 0 Å². The quantitative estimate of drug-likeness (QED) is 0.814. The molecule has 0 fully saturated rings. The van der Waals surface area contributed by atoms with Crippen LogP contribution in [0, 0.1) is 0 Å². The van der Waals surface area contributed by atoms with Gasteiger partial charge in [0.15, 0.2) is 0 Å². The molecule has 2 aromatic carbocycles. The third-order valence-corrected chi connectivity index (χ3v) is 4.14. The van der Waals surface area contributed by atoms with E-state index in [9.17, 15) is 4.79 Å². The molecule has 20 heavy (non-hydrogen) atoms. The van der Waals surface area contributed by atoms with E-state index in [0.717, 1.165) is 5.56 Å². The van der Waals surface area contributed by atoms with Gasteiger partial charge in [0.1, 0.15) is 17.4 Å². The molecule has 0 aromatic heterocycles. The molecule has 0 aliphatic carbocycles. The van der Waals surface area contributed by atoms with Crippen molar-refractivity contribution in [3.63, 3.8) is 0 Å². The Balaban J connectivity index is 2.15. The van der Waals surface area contributed by atoms with Crippen molar-refractivity contribution in [1.29, 1.82) is 0 Å². The first-order valence-electron chi connectivity index (χ1n) is 5.57. The van der Waals surface area contributed by atoms with E-state index in [4.69, 9.17) is 33.0 Å². The van der Waals surface area contributed by atoms with E-state index in [1.807, 2.05) is 0 Å². The average molecular weight is 376 g/mol. The monoisotopic (exact) mass is 374 g/mol. The molecule has 0 atom stereocenters. The van der Waals surface area contributed by atoms with Gasteiger partial charge in [0.05, 0.1) is 10.6 Å². The molecule has 3 nitrogen and oxygen atoms in total. The van der Waals surface area contributed by atoms with Crippen LogP contribution in [0.1, 0.15) is 15.9 Å². The van der Waals surface area contributed by atoms with Gasteiger partial charge >= 0.3 is 5.97 Å². The summed E-state index contributed by atoms with van der Waals surface area (Å²) in [6, 6.07) is 9.87. The van der Waals surface area contributed by atoms with Gasteiger partial charge < -0.3 is 9.84 Å². The summed E-state index contributed by atoms with van der Waals surface area (Å²) in [7, 11) is 0. The second-order valence-electron chi connectivity index (χ2n) is 3.95. The lowest BCUT2D eigenvalue weighted by Gasteiger charge is -2.10. The van der Waals surface area contributed by atoms with E-state index in [1.54, 1.807) is 24.3 Å². The standard InChI is InChI=1S/C14H9BrCl2O3/c15-10-6-8(14(18)19)4-5-9(10)7-20-12-3-1-2-11(16)13(12)17/h1-6H,7H2,(H,18,19). The molecule has 0 aliphatic rings. The van der Waals surface area contributed by atoms with Gasteiger partial charge in [-0.05, 0) is 24.3 Å². The summed E-state index contributed by atoms with van der Waals surface area (Å²) in [4.78, 5) is 10.8.